The maximum absolute atomic E-state index is 12.3. The molecule has 108 valence electrons. The minimum atomic E-state index is -0.205. The zero-order chi connectivity index (χ0) is 15.4. The molecule has 0 saturated heterocycles. The molecule has 22 heavy (non-hydrogen) atoms. The molecule has 0 fully saturated rings. The Balaban J connectivity index is 1.85. The molecule has 4 heteroatoms. The summed E-state index contributed by atoms with van der Waals surface area (Å²) >= 11 is 0. The van der Waals surface area contributed by atoms with Crippen LogP contribution in [0, 0.1) is 6.92 Å². The van der Waals surface area contributed by atoms with E-state index in [-0.39, 0.29) is 5.91 Å². The number of pyridine rings is 2. The molecule has 0 aliphatic rings. The van der Waals surface area contributed by atoms with Crippen LogP contribution < -0.4 is 5.32 Å². The smallest absolute Gasteiger partial charge is 0.258 e. The number of nitrogens with zero attached hydrogens (tertiary/aromatic N) is 2. The van der Waals surface area contributed by atoms with Gasteiger partial charge in [0.1, 0.15) is 5.82 Å². The number of anilines is 1. The average molecular weight is 289 g/mol. The molecule has 3 aromatic rings. The van der Waals surface area contributed by atoms with Crippen molar-refractivity contribution < 1.29 is 4.79 Å². The van der Waals surface area contributed by atoms with Gasteiger partial charge in [-0.15, -0.1) is 0 Å². The standard InChI is InChI=1S/C18H15N3O/c1-13-15(18(22)21-17-9-5-6-12-19-17)10-11-16(20-13)14-7-3-2-4-8-14/h2-12H,1H3,(H,19,21,22). The number of carbonyl (C=O) groups excluding carboxylic acids is 1. The van der Waals surface area contributed by atoms with E-state index < -0.39 is 0 Å². The first kappa shape index (κ1) is 13.9. The molecule has 1 aromatic carbocycles. The second kappa shape index (κ2) is 6.18. The van der Waals surface area contributed by atoms with Crippen LogP contribution in [-0.2, 0) is 0 Å². The summed E-state index contributed by atoms with van der Waals surface area (Å²) in [5.74, 6) is 0.322. The Morgan fingerprint density at radius 1 is 0.955 bits per heavy atom. The van der Waals surface area contributed by atoms with Crippen molar-refractivity contribution >= 4 is 11.7 Å². The van der Waals surface area contributed by atoms with Crippen LogP contribution in [0.25, 0.3) is 11.3 Å². The summed E-state index contributed by atoms with van der Waals surface area (Å²) in [6.07, 6.45) is 1.64. The van der Waals surface area contributed by atoms with Gasteiger partial charge in [-0.05, 0) is 31.2 Å². The number of hydrogen-bond acceptors (Lipinski definition) is 3. The third-order valence-corrected chi connectivity index (χ3v) is 3.31. The largest absolute Gasteiger partial charge is 0.307 e. The summed E-state index contributed by atoms with van der Waals surface area (Å²) in [4.78, 5) is 20.9. The number of hydrogen-bond donors (Lipinski definition) is 1. The Labute approximate surface area is 128 Å². The van der Waals surface area contributed by atoms with Gasteiger partial charge in [-0.1, -0.05) is 36.4 Å². The van der Waals surface area contributed by atoms with Gasteiger partial charge in [0, 0.05) is 11.8 Å². The van der Waals surface area contributed by atoms with Crippen molar-refractivity contribution in [1.82, 2.24) is 9.97 Å². The van der Waals surface area contributed by atoms with E-state index in [1.165, 1.54) is 0 Å². The Morgan fingerprint density at radius 3 is 2.41 bits per heavy atom. The maximum atomic E-state index is 12.3. The Bertz CT molecular complexity index is 786. The summed E-state index contributed by atoms with van der Waals surface area (Å²) in [7, 11) is 0. The van der Waals surface area contributed by atoms with Crippen LogP contribution in [0.4, 0.5) is 5.82 Å². The summed E-state index contributed by atoms with van der Waals surface area (Å²) in [5.41, 5.74) is 3.12. The summed E-state index contributed by atoms with van der Waals surface area (Å²) in [5, 5.41) is 2.77. The second-order valence-corrected chi connectivity index (χ2v) is 4.86. The molecule has 1 amide bonds. The van der Waals surface area contributed by atoms with Gasteiger partial charge in [0.05, 0.1) is 17.0 Å². The van der Waals surface area contributed by atoms with Gasteiger partial charge in [-0.25, -0.2) is 4.98 Å². The molecule has 4 nitrogen and oxygen atoms in total. The van der Waals surface area contributed by atoms with Gasteiger partial charge in [0.2, 0.25) is 0 Å². The van der Waals surface area contributed by atoms with Crippen molar-refractivity contribution in [2.45, 2.75) is 6.92 Å². The minimum Gasteiger partial charge on any atom is -0.307 e. The SMILES string of the molecule is Cc1nc(-c2ccccc2)ccc1C(=O)Nc1ccccn1. The third kappa shape index (κ3) is 3.01. The molecule has 1 N–H and O–H groups in total. The van der Waals surface area contributed by atoms with E-state index in [1.54, 1.807) is 24.4 Å². The first-order chi connectivity index (χ1) is 10.7. The predicted octanol–water partition coefficient (Wildman–Crippen LogP) is 3.70. The number of carbonyl (C=O) groups is 1. The van der Waals surface area contributed by atoms with Crippen molar-refractivity contribution in [1.29, 1.82) is 0 Å². The second-order valence-electron chi connectivity index (χ2n) is 4.86. The van der Waals surface area contributed by atoms with E-state index in [1.807, 2.05) is 49.4 Å². The highest BCUT2D eigenvalue weighted by Crippen LogP contribution is 2.19. The highest BCUT2D eigenvalue weighted by atomic mass is 16.1. The molecule has 0 aliphatic heterocycles. The number of aromatic nitrogens is 2. The molecule has 0 saturated carbocycles. The van der Waals surface area contributed by atoms with Gasteiger partial charge in [0.25, 0.3) is 5.91 Å². The molecule has 2 aromatic heterocycles. The minimum absolute atomic E-state index is 0.205. The molecule has 0 atom stereocenters. The predicted molar refractivity (Wildman–Crippen MR) is 86.6 cm³/mol. The Morgan fingerprint density at radius 2 is 1.73 bits per heavy atom. The van der Waals surface area contributed by atoms with E-state index in [0.29, 0.717) is 17.1 Å². The van der Waals surface area contributed by atoms with E-state index in [4.69, 9.17) is 0 Å². The Kier molecular flexibility index (Phi) is 3.92. The summed E-state index contributed by atoms with van der Waals surface area (Å²) < 4.78 is 0. The topological polar surface area (TPSA) is 54.9 Å². The summed E-state index contributed by atoms with van der Waals surface area (Å²) in [6, 6.07) is 18.9. The first-order valence-corrected chi connectivity index (χ1v) is 6.99. The van der Waals surface area contributed by atoms with Gasteiger partial charge in [-0.2, -0.15) is 0 Å². The van der Waals surface area contributed by atoms with Crippen molar-refractivity contribution in [3.63, 3.8) is 0 Å². The fourth-order valence-electron chi connectivity index (χ4n) is 2.19. The van der Waals surface area contributed by atoms with Crippen LogP contribution in [0.1, 0.15) is 16.1 Å². The van der Waals surface area contributed by atoms with Crippen molar-refractivity contribution in [3.8, 4) is 11.3 Å². The van der Waals surface area contributed by atoms with Crippen LogP contribution in [0.15, 0.2) is 66.9 Å². The fourth-order valence-corrected chi connectivity index (χ4v) is 2.19. The average Bonchev–Trinajstić information content (AvgIpc) is 2.56. The number of rotatable bonds is 3. The van der Waals surface area contributed by atoms with E-state index in [0.717, 1.165) is 11.3 Å². The molecular weight excluding hydrogens is 274 g/mol. The Hall–Kier alpha value is -3.01. The van der Waals surface area contributed by atoms with Gasteiger partial charge >= 0.3 is 0 Å². The number of aryl methyl sites for hydroxylation is 1. The normalized spacial score (nSPS) is 10.2. The van der Waals surface area contributed by atoms with Crippen LogP contribution in [-0.4, -0.2) is 15.9 Å². The first-order valence-electron chi connectivity index (χ1n) is 6.99. The number of benzene rings is 1. The van der Waals surface area contributed by atoms with E-state index in [9.17, 15) is 4.79 Å². The lowest BCUT2D eigenvalue weighted by Gasteiger charge is -2.08. The number of amides is 1. The van der Waals surface area contributed by atoms with Crippen molar-refractivity contribution in [2.24, 2.45) is 0 Å². The van der Waals surface area contributed by atoms with Gasteiger partial charge in [0.15, 0.2) is 0 Å². The molecule has 0 bridgehead atoms. The molecule has 0 unspecified atom stereocenters. The zero-order valence-corrected chi connectivity index (χ0v) is 12.2. The molecule has 2 heterocycles. The van der Waals surface area contributed by atoms with Crippen LogP contribution >= 0.6 is 0 Å². The van der Waals surface area contributed by atoms with Crippen LogP contribution in [0.5, 0.6) is 0 Å². The van der Waals surface area contributed by atoms with Gasteiger partial charge < -0.3 is 5.32 Å². The molecule has 0 radical (unpaired) electrons. The highest BCUT2D eigenvalue weighted by molar-refractivity contribution is 6.04. The molecule has 0 aliphatic carbocycles. The lowest BCUT2D eigenvalue weighted by molar-refractivity contribution is 0.102. The van der Waals surface area contributed by atoms with Crippen molar-refractivity contribution in [2.75, 3.05) is 5.32 Å². The van der Waals surface area contributed by atoms with Crippen LogP contribution in [0.2, 0.25) is 0 Å². The lowest BCUT2D eigenvalue weighted by Crippen LogP contribution is -2.15. The summed E-state index contributed by atoms with van der Waals surface area (Å²) in [6.45, 7) is 1.83. The third-order valence-electron chi connectivity index (χ3n) is 3.31. The quantitative estimate of drug-likeness (QED) is 0.799. The van der Waals surface area contributed by atoms with Crippen LogP contribution in [0.3, 0.4) is 0 Å². The van der Waals surface area contributed by atoms with E-state index >= 15 is 0 Å². The fraction of sp³-hybridized carbons (Fsp3) is 0.0556. The number of nitrogens with one attached hydrogen (secondary N) is 1. The highest BCUT2D eigenvalue weighted by Gasteiger charge is 2.12. The molecule has 0 spiro atoms. The maximum Gasteiger partial charge on any atom is 0.258 e. The van der Waals surface area contributed by atoms with Crippen molar-refractivity contribution in [3.05, 3.63) is 78.1 Å². The lowest BCUT2D eigenvalue weighted by atomic mass is 10.1. The molecule has 3 rings (SSSR count). The van der Waals surface area contributed by atoms with E-state index in [2.05, 4.69) is 15.3 Å². The zero-order valence-electron chi connectivity index (χ0n) is 12.2. The van der Waals surface area contributed by atoms with Gasteiger partial charge in [-0.3, -0.25) is 9.78 Å². The monoisotopic (exact) mass is 289 g/mol. The molecular formula is C18H15N3O.